The summed E-state index contributed by atoms with van der Waals surface area (Å²) in [7, 11) is 0. The zero-order chi connectivity index (χ0) is 19.6. The first-order valence-corrected chi connectivity index (χ1v) is 9.87. The molecule has 2 heterocycles. The van der Waals surface area contributed by atoms with Crippen molar-refractivity contribution in [3.05, 3.63) is 51.2 Å². The van der Waals surface area contributed by atoms with Gasteiger partial charge in [0.25, 0.3) is 0 Å². The Morgan fingerprint density at radius 1 is 1.07 bits per heavy atom. The lowest BCUT2D eigenvalue weighted by Gasteiger charge is -2.39. The fourth-order valence-corrected chi connectivity index (χ4v) is 4.42. The van der Waals surface area contributed by atoms with Crippen molar-refractivity contribution in [1.29, 1.82) is 0 Å². The van der Waals surface area contributed by atoms with Gasteiger partial charge in [0, 0.05) is 9.75 Å². The number of benzene rings is 1. The van der Waals surface area contributed by atoms with E-state index < -0.39 is 37.1 Å². The first-order chi connectivity index (χ1) is 12.9. The van der Waals surface area contributed by atoms with Crippen LogP contribution in [0.3, 0.4) is 0 Å². The first-order valence-electron chi connectivity index (χ1n) is 9.06. The summed E-state index contributed by atoms with van der Waals surface area (Å²) in [4.78, 5) is 1.86. The lowest BCUT2D eigenvalue weighted by atomic mass is 9.94. The van der Waals surface area contributed by atoms with E-state index in [-0.39, 0.29) is 0 Å². The molecule has 1 aliphatic heterocycles. The van der Waals surface area contributed by atoms with Crippen LogP contribution in [0, 0.1) is 6.92 Å². The lowest BCUT2D eigenvalue weighted by molar-refractivity contribution is -0.230. The molecular weight excluding hydrogens is 368 g/mol. The maximum absolute atomic E-state index is 10.3. The van der Waals surface area contributed by atoms with Crippen LogP contribution in [0.15, 0.2) is 30.3 Å². The molecule has 0 spiro atoms. The number of aryl methyl sites for hydroxylation is 1. The van der Waals surface area contributed by atoms with Crippen LogP contribution < -0.4 is 4.74 Å². The van der Waals surface area contributed by atoms with Gasteiger partial charge < -0.3 is 29.9 Å². The second kappa shape index (κ2) is 8.68. The normalized spacial score (nSPS) is 28.3. The second-order valence-electron chi connectivity index (χ2n) is 6.73. The molecule has 1 aromatic carbocycles. The van der Waals surface area contributed by atoms with Gasteiger partial charge in [-0.1, -0.05) is 12.1 Å². The maximum atomic E-state index is 10.3. The molecule has 0 radical (unpaired) electrons. The van der Waals surface area contributed by atoms with Gasteiger partial charge in [-0.2, -0.15) is 0 Å². The summed E-state index contributed by atoms with van der Waals surface area (Å²) in [6, 6.07) is 9.90. The van der Waals surface area contributed by atoms with Crippen molar-refractivity contribution in [1.82, 2.24) is 0 Å². The average molecular weight is 394 g/mol. The van der Waals surface area contributed by atoms with Crippen LogP contribution in [-0.4, -0.2) is 58.1 Å². The second-order valence-corrected chi connectivity index (χ2v) is 8.02. The lowest BCUT2D eigenvalue weighted by Crippen LogP contribution is -2.55. The molecule has 7 heteroatoms. The van der Waals surface area contributed by atoms with E-state index in [0.29, 0.717) is 6.61 Å². The zero-order valence-corrected chi connectivity index (χ0v) is 16.2. The number of aliphatic hydroxyl groups is 4. The summed E-state index contributed by atoms with van der Waals surface area (Å²) in [6.07, 6.45) is -4.90. The van der Waals surface area contributed by atoms with Gasteiger partial charge in [-0.05, 0) is 49.6 Å². The third-order valence-corrected chi connectivity index (χ3v) is 6.00. The molecule has 0 amide bonds. The van der Waals surface area contributed by atoms with Crippen LogP contribution in [0.1, 0.15) is 33.9 Å². The fraction of sp³-hybridized carbons (Fsp3) is 0.500. The summed E-state index contributed by atoms with van der Waals surface area (Å²) >= 11 is 1.49. The smallest absolute Gasteiger partial charge is 0.121 e. The van der Waals surface area contributed by atoms with Crippen molar-refractivity contribution >= 4 is 11.3 Å². The first kappa shape index (κ1) is 20.3. The molecule has 1 fully saturated rings. The molecule has 0 aliphatic carbocycles. The molecule has 2 aromatic rings. The molecule has 1 aromatic heterocycles. The SMILES string of the molecule is CCOc1ccc(Cc2cc(C3OC(CO)C(O)C(O)C3O)sc2C)cc1. The number of rotatable bonds is 6. The Morgan fingerprint density at radius 3 is 2.41 bits per heavy atom. The molecule has 0 saturated carbocycles. The van der Waals surface area contributed by atoms with Gasteiger partial charge in [0.1, 0.15) is 36.3 Å². The molecule has 5 atom stereocenters. The summed E-state index contributed by atoms with van der Waals surface area (Å²) in [6.45, 7) is 4.15. The summed E-state index contributed by atoms with van der Waals surface area (Å²) in [5.74, 6) is 0.838. The Balaban J connectivity index is 1.77. The van der Waals surface area contributed by atoms with E-state index in [1.165, 1.54) is 11.3 Å². The van der Waals surface area contributed by atoms with Crippen LogP contribution in [0.4, 0.5) is 0 Å². The minimum Gasteiger partial charge on any atom is -0.494 e. The molecule has 3 rings (SSSR count). The Hall–Kier alpha value is -1.48. The van der Waals surface area contributed by atoms with Gasteiger partial charge in [0.15, 0.2) is 0 Å². The third-order valence-electron chi connectivity index (χ3n) is 4.84. The fourth-order valence-electron chi connectivity index (χ4n) is 3.29. The number of aliphatic hydroxyl groups excluding tert-OH is 4. The van der Waals surface area contributed by atoms with E-state index in [2.05, 4.69) is 0 Å². The van der Waals surface area contributed by atoms with Crippen molar-refractivity contribution in [2.45, 2.75) is 50.8 Å². The van der Waals surface area contributed by atoms with Crippen LogP contribution in [0.5, 0.6) is 5.75 Å². The summed E-state index contributed by atoms with van der Waals surface area (Å²) < 4.78 is 11.1. The average Bonchev–Trinajstić information content (AvgIpc) is 3.02. The number of ether oxygens (including phenoxy) is 2. The Bertz CT molecular complexity index is 741. The van der Waals surface area contributed by atoms with Crippen LogP contribution in [0.25, 0.3) is 0 Å². The van der Waals surface area contributed by atoms with Crippen molar-refractivity contribution in [2.75, 3.05) is 13.2 Å². The highest BCUT2D eigenvalue weighted by molar-refractivity contribution is 7.12. The minimum absolute atomic E-state index is 0.426. The predicted octanol–water partition coefficient (Wildman–Crippen LogP) is 1.56. The van der Waals surface area contributed by atoms with Crippen molar-refractivity contribution in [3.63, 3.8) is 0 Å². The quantitative estimate of drug-likeness (QED) is 0.594. The highest BCUT2D eigenvalue weighted by Crippen LogP contribution is 2.37. The van der Waals surface area contributed by atoms with Gasteiger partial charge in [0.05, 0.1) is 13.2 Å². The Labute approximate surface area is 162 Å². The van der Waals surface area contributed by atoms with Crippen LogP contribution in [0.2, 0.25) is 0 Å². The van der Waals surface area contributed by atoms with E-state index in [4.69, 9.17) is 9.47 Å². The standard InChI is InChI=1S/C20H26O6S/c1-3-25-14-6-4-12(5-7-14)8-13-9-16(27-11(13)2)20-19(24)18(23)17(22)15(10-21)26-20/h4-7,9,15,17-24H,3,8,10H2,1-2H3. The van der Waals surface area contributed by atoms with Gasteiger partial charge in [0.2, 0.25) is 0 Å². The van der Waals surface area contributed by atoms with Gasteiger partial charge >= 0.3 is 0 Å². The van der Waals surface area contributed by atoms with E-state index in [1.54, 1.807) is 0 Å². The Kier molecular flexibility index (Phi) is 6.52. The van der Waals surface area contributed by atoms with Gasteiger partial charge in [-0.15, -0.1) is 11.3 Å². The zero-order valence-electron chi connectivity index (χ0n) is 15.4. The number of hydrogen-bond donors (Lipinski definition) is 4. The number of thiophene rings is 1. The van der Waals surface area contributed by atoms with E-state index in [0.717, 1.165) is 33.1 Å². The Morgan fingerprint density at radius 2 is 1.78 bits per heavy atom. The van der Waals surface area contributed by atoms with Crippen molar-refractivity contribution in [3.8, 4) is 5.75 Å². The summed E-state index contributed by atoms with van der Waals surface area (Å²) in [5, 5.41) is 39.6. The predicted molar refractivity (Wildman–Crippen MR) is 102 cm³/mol. The van der Waals surface area contributed by atoms with E-state index >= 15 is 0 Å². The molecule has 6 nitrogen and oxygen atoms in total. The highest BCUT2D eigenvalue weighted by Gasteiger charge is 2.44. The molecule has 1 aliphatic rings. The molecule has 27 heavy (non-hydrogen) atoms. The van der Waals surface area contributed by atoms with Gasteiger partial charge in [-0.25, -0.2) is 0 Å². The monoisotopic (exact) mass is 394 g/mol. The van der Waals surface area contributed by atoms with Crippen molar-refractivity contribution in [2.24, 2.45) is 0 Å². The molecular formula is C20H26O6S. The number of hydrogen-bond acceptors (Lipinski definition) is 7. The third kappa shape index (κ3) is 4.34. The van der Waals surface area contributed by atoms with Gasteiger partial charge in [-0.3, -0.25) is 0 Å². The summed E-state index contributed by atoms with van der Waals surface area (Å²) in [5.41, 5.74) is 2.25. The van der Waals surface area contributed by atoms with Crippen LogP contribution in [-0.2, 0) is 11.2 Å². The molecule has 1 saturated heterocycles. The molecule has 0 bridgehead atoms. The molecule has 5 unspecified atom stereocenters. The molecule has 148 valence electrons. The topological polar surface area (TPSA) is 99.4 Å². The largest absolute Gasteiger partial charge is 0.494 e. The van der Waals surface area contributed by atoms with Crippen molar-refractivity contribution < 1.29 is 29.9 Å². The maximum Gasteiger partial charge on any atom is 0.121 e. The van der Waals surface area contributed by atoms with Crippen LogP contribution >= 0.6 is 11.3 Å². The highest BCUT2D eigenvalue weighted by atomic mass is 32.1. The molecule has 4 N–H and O–H groups in total. The van der Waals surface area contributed by atoms with E-state index in [1.807, 2.05) is 44.2 Å². The minimum atomic E-state index is -1.36. The van der Waals surface area contributed by atoms with E-state index in [9.17, 15) is 20.4 Å².